The highest BCUT2D eigenvalue weighted by molar-refractivity contribution is 5.76. The molecule has 1 aromatic heterocycles. The molecule has 0 aliphatic carbocycles. The molecule has 1 amide bonds. The van der Waals surface area contributed by atoms with E-state index < -0.39 is 0 Å². The van der Waals surface area contributed by atoms with E-state index in [0.29, 0.717) is 6.42 Å². The van der Waals surface area contributed by atoms with Gasteiger partial charge in [0.15, 0.2) is 0 Å². The summed E-state index contributed by atoms with van der Waals surface area (Å²) >= 11 is 0. The van der Waals surface area contributed by atoms with Gasteiger partial charge in [-0.25, -0.2) is 0 Å². The Bertz CT molecular complexity index is 766. The molecule has 2 atom stereocenters. The standard InChI is InChI=1S/C24H33N3O2/c1-3-4-11-22-18-27(17-20-9-5-6-12-23(20)29-22)15-13-24(28)26-19(2)16-21-10-7-8-14-25-21/h5-10,12,14,19,22H,3-4,11,13,15-18H2,1-2H3,(H,26,28). The highest BCUT2D eigenvalue weighted by atomic mass is 16.5. The number of nitrogens with zero attached hydrogens (tertiary/aromatic N) is 2. The van der Waals surface area contributed by atoms with Gasteiger partial charge in [0.25, 0.3) is 0 Å². The lowest BCUT2D eigenvalue weighted by molar-refractivity contribution is -0.122. The smallest absolute Gasteiger partial charge is 0.221 e. The molecule has 0 radical (unpaired) electrons. The number of ether oxygens (including phenoxy) is 1. The maximum absolute atomic E-state index is 12.5. The molecule has 0 saturated carbocycles. The quantitative estimate of drug-likeness (QED) is 0.698. The van der Waals surface area contributed by atoms with Crippen molar-refractivity contribution in [2.75, 3.05) is 13.1 Å². The van der Waals surface area contributed by atoms with Gasteiger partial charge in [0, 0.05) is 56.0 Å². The molecule has 156 valence electrons. The topological polar surface area (TPSA) is 54.5 Å². The Morgan fingerprint density at radius 3 is 2.90 bits per heavy atom. The van der Waals surface area contributed by atoms with Crippen LogP contribution in [0.25, 0.3) is 0 Å². The van der Waals surface area contributed by atoms with Crippen molar-refractivity contribution >= 4 is 5.91 Å². The average Bonchev–Trinajstić information content (AvgIpc) is 2.90. The molecule has 0 saturated heterocycles. The van der Waals surface area contributed by atoms with E-state index >= 15 is 0 Å². The number of para-hydroxylation sites is 1. The van der Waals surface area contributed by atoms with Gasteiger partial charge in [-0.3, -0.25) is 14.7 Å². The fourth-order valence-corrected chi connectivity index (χ4v) is 3.80. The molecular formula is C24H33N3O2. The molecule has 5 heteroatoms. The van der Waals surface area contributed by atoms with E-state index in [-0.39, 0.29) is 18.1 Å². The van der Waals surface area contributed by atoms with Gasteiger partial charge in [0.1, 0.15) is 11.9 Å². The highest BCUT2D eigenvalue weighted by Crippen LogP contribution is 2.26. The fraction of sp³-hybridized carbons (Fsp3) is 0.500. The number of benzene rings is 1. The van der Waals surface area contributed by atoms with Crippen molar-refractivity contribution in [3.05, 3.63) is 59.9 Å². The lowest BCUT2D eigenvalue weighted by Crippen LogP contribution is -2.38. The first-order valence-corrected chi connectivity index (χ1v) is 10.8. The van der Waals surface area contributed by atoms with Crippen LogP contribution < -0.4 is 10.1 Å². The molecule has 1 N–H and O–H groups in total. The second kappa shape index (κ2) is 11.0. The van der Waals surface area contributed by atoms with Crippen LogP contribution in [0.4, 0.5) is 0 Å². The summed E-state index contributed by atoms with van der Waals surface area (Å²) in [5, 5.41) is 3.11. The number of rotatable bonds is 9. The van der Waals surface area contributed by atoms with Crippen molar-refractivity contribution in [3.63, 3.8) is 0 Å². The number of hydrogen-bond acceptors (Lipinski definition) is 4. The summed E-state index contributed by atoms with van der Waals surface area (Å²) in [7, 11) is 0. The molecule has 2 heterocycles. The first kappa shape index (κ1) is 21.3. The van der Waals surface area contributed by atoms with Crippen LogP contribution in [-0.4, -0.2) is 41.0 Å². The van der Waals surface area contributed by atoms with Gasteiger partial charge >= 0.3 is 0 Å². The Labute approximate surface area is 174 Å². The molecule has 1 aliphatic rings. The number of nitrogens with one attached hydrogen (secondary N) is 1. The van der Waals surface area contributed by atoms with E-state index in [2.05, 4.69) is 40.3 Å². The van der Waals surface area contributed by atoms with E-state index in [9.17, 15) is 4.79 Å². The predicted molar refractivity (Wildman–Crippen MR) is 116 cm³/mol. The zero-order chi connectivity index (χ0) is 20.5. The minimum Gasteiger partial charge on any atom is -0.489 e. The first-order valence-electron chi connectivity index (χ1n) is 10.8. The zero-order valence-electron chi connectivity index (χ0n) is 17.6. The van der Waals surface area contributed by atoms with Crippen LogP contribution in [0.2, 0.25) is 0 Å². The lowest BCUT2D eigenvalue weighted by atomic mass is 10.1. The van der Waals surface area contributed by atoms with Gasteiger partial charge in [-0.05, 0) is 38.0 Å². The van der Waals surface area contributed by atoms with Crippen LogP contribution in [0.5, 0.6) is 5.75 Å². The normalized spacial score (nSPS) is 17.7. The summed E-state index contributed by atoms with van der Waals surface area (Å²) in [6.07, 6.45) is 6.59. The molecule has 29 heavy (non-hydrogen) atoms. The van der Waals surface area contributed by atoms with Gasteiger partial charge in [0.05, 0.1) is 0 Å². The average molecular weight is 396 g/mol. The minimum atomic E-state index is 0.0721. The third-order valence-electron chi connectivity index (χ3n) is 5.31. The maximum atomic E-state index is 12.5. The molecule has 3 rings (SSSR count). The third-order valence-corrected chi connectivity index (χ3v) is 5.31. The SMILES string of the molecule is CCCCC1CN(CCC(=O)NC(C)Cc2ccccn2)Cc2ccccc2O1. The van der Waals surface area contributed by atoms with Crippen LogP contribution in [-0.2, 0) is 17.8 Å². The molecule has 1 aromatic carbocycles. The van der Waals surface area contributed by atoms with Crippen molar-refractivity contribution in [2.45, 2.75) is 64.6 Å². The number of hydrogen-bond donors (Lipinski definition) is 1. The third kappa shape index (κ3) is 6.86. The first-order chi connectivity index (χ1) is 14.1. The largest absolute Gasteiger partial charge is 0.489 e. The molecular weight excluding hydrogens is 362 g/mol. The summed E-state index contributed by atoms with van der Waals surface area (Å²) in [5.41, 5.74) is 2.20. The summed E-state index contributed by atoms with van der Waals surface area (Å²) in [6.45, 7) is 6.67. The van der Waals surface area contributed by atoms with Gasteiger partial charge in [-0.2, -0.15) is 0 Å². The maximum Gasteiger partial charge on any atom is 0.221 e. The number of carbonyl (C=O) groups excluding carboxylic acids is 1. The molecule has 0 spiro atoms. The van der Waals surface area contributed by atoms with E-state index in [1.54, 1.807) is 6.20 Å². The van der Waals surface area contributed by atoms with Crippen molar-refractivity contribution in [1.82, 2.24) is 15.2 Å². The number of pyridine rings is 1. The Kier molecular flexibility index (Phi) is 8.05. The van der Waals surface area contributed by atoms with Crippen LogP contribution in [0.1, 0.15) is 50.8 Å². The molecule has 1 aliphatic heterocycles. The molecule has 0 fully saturated rings. The Morgan fingerprint density at radius 1 is 1.28 bits per heavy atom. The monoisotopic (exact) mass is 395 g/mol. The van der Waals surface area contributed by atoms with Gasteiger partial charge in [-0.15, -0.1) is 0 Å². The van der Waals surface area contributed by atoms with Crippen LogP contribution in [0.3, 0.4) is 0 Å². The van der Waals surface area contributed by atoms with Gasteiger partial charge in [-0.1, -0.05) is 37.6 Å². The van der Waals surface area contributed by atoms with Crippen molar-refractivity contribution < 1.29 is 9.53 Å². The van der Waals surface area contributed by atoms with E-state index in [1.165, 1.54) is 5.56 Å². The Balaban J connectivity index is 1.52. The van der Waals surface area contributed by atoms with Crippen LogP contribution in [0.15, 0.2) is 48.7 Å². The summed E-state index contributed by atoms with van der Waals surface area (Å²) < 4.78 is 6.28. The highest BCUT2D eigenvalue weighted by Gasteiger charge is 2.23. The van der Waals surface area contributed by atoms with Crippen LogP contribution >= 0.6 is 0 Å². The fourth-order valence-electron chi connectivity index (χ4n) is 3.80. The van der Waals surface area contributed by atoms with Crippen molar-refractivity contribution in [3.8, 4) is 5.75 Å². The van der Waals surface area contributed by atoms with Crippen molar-refractivity contribution in [1.29, 1.82) is 0 Å². The van der Waals surface area contributed by atoms with E-state index in [1.807, 2.05) is 31.2 Å². The number of fused-ring (bicyclic) bond motifs is 1. The van der Waals surface area contributed by atoms with Gasteiger partial charge in [0.2, 0.25) is 5.91 Å². The molecule has 5 nitrogen and oxygen atoms in total. The second-order valence-electron chi connectivity index (χ2n) is 7.97. The number of carbonyl (C=O) groups is 1. The second-order valence-corrected chi connectivity index (χ2v) is 7.97. The summed E-state index contributed by atoms with van der Waals surface area (Å²) in [4.78, 5) is 19.2. The Morgan fingerprint density at radius 2 is 2.10 bits per heavy atom. The van der Waals surface area contributed by atoms with Crippen LogP contribution in [0, 0.1) is 0 Å². The van der Waals surface area contributed by atoms with E-state index in [0.717, 1.165) is 56.8 Å². The molecule has 2 unspecified atom stereocenters. The molecule has 0 bridgehead atoms. The predicted octanol–water partition coefficient (Wildman–Crippen LogP) is 3.97. The van der Waals surface area contributed by atoms with E-state index in [4.69, 9.17) is 4.74 Å². The minimum absolute atomic E-state index is 0.0721. The number of amides is 1. The lowest BCUT2D eigenvalue weighted by Gasteiger charge is -2.24. The van der Waals surface area contributed by atoms with Gasteiger partial charge < -0.3 is 10.1 Å². The zero-order valence-corrected chi connectivity index (χ0v) is 17.6. The number of aromatic nitrogens is 1. The Hall–Kier alpha value is -2.40. The summed E-state index contributed by atoms with van der Waals surface area (Å²) in [6, 6.07) is 14.2. The van der Waals surface area contributed by atoms with Crippen molar-refractivity contribution in [2.24, 2.45) is 0 Å². The number of unbranched alkanes of at least 4 members (excludes halogenated alkanes) is 1. The molecule has 2 aromatic rings. The summed E-state index contributed by atoms with van der Waals surface area (Å²) in [5.74, 6) is 1.08.